The topological polar surface area (TPSA) is 26.3 Å². The fraction of sp³-hybridized carbons (Fsp3) is 0.500. The fourth-order valence-corrected chi connectivity index (χ4v) is 0.494. The Morgan fingerprint density at radius 1 is 1.25 bits per heavy atom. The first-order chi connectivity index (χ1) is 5.61. The Morgan fingerprint density at radius 3 is 2.25 bits per heavy atom. The van der Waals surface area contributed by atoms with Gasteiger partial charge in [0.2, 0.25) is 0 Å². The summed E-state index contributed by atoms with van der Waals surface area (Å²) in [5, 5.41) is 0. The molecule has 0 amide bonds. The Balaban J connectivity index is 3.88. The van der Waals surface area contributed by atoms with Gasteiger partial charge in [0, 0.05) is 5.57 Å². The third-order valence-electron chi connectivity index (χ3n) is 1.68. The summed E-state index contributed by atoms with van der Waals surface area (Å²) in [6.07, 6.45) is 3.67. The van der Waals surface area contributed by atoms with E-state index in [1.165, 1.54) is 0 Å². The zero-order chi connectivity index (χ0) is 9.56. The minimum absolute atomic E-state index is 0.237. The van der Waals surface area contributed by atoms with Crippen LogP contribution in [0.1, 0.15) is 27.7 Å². The van der Waals surface area contributed by atoms with Crippen LogP contribution in [0, 0.1) is 0 Å². The molecule has 68 valence electrons. The number of hydrogen-bond donors (Lipinski definition) is 0. The lowest BCUT2D eigenvalue weighted by Crippen LogP contribution is -2.07. The third-order valence-corrected chi connectivity index (χ3v) is 1.68. The van der Waals surface area contributed by atoms with Crippen molar-refractivity contribution in [3.8, 4) is 0 Å². The Labute approximate surface area is 73.9 Å². The van der Waals surface area contributed by atoms with Gasteiger partial charge in [0.15, 0.2) is 0 Å². The lowest BCUT2D eigenvalue weighted by Gasteiger charge is -2.03. The summed E-state index contributed by atoms with van der Waals surface area (Å²) in [6.45, 7) is 7.80. The lowest BCUT2D eigenvalue weighted by molar-refractivity contribution is -0.138. The number of carbonyl (C=O) groups is 1. The van der Waals surface area contributed by atoms with Gasteiger partial charge in [0.05, 0.1) is 0 Å². The molecule has 0 fully saturated rings. The largest absolute Gasteiger partial charge is 0.458 e. The van der Waals surface area contributed by atoms with Crippen molar-refractivity contribution in [2.24, 2.45) is 0 Å². The second-order valence-corrected chi connectivity index (χ2v) is 2.68. The van der Waals surface area contributed by atoms with Crippen molar-refractivity contribution in [1.82, 2.24) is 0 Å². The first kappa shape index (κ1) is 11.0. The second-order valence-electron chi connectivity index (χ2n) is 2.68. The van der Waals surface area contributed by atoms with E-state index >= 15 is 0 Å². The van der Waals surface area contributed by atoms with Crippen LogP contribution in [0.15, 0.2) is 23.3 Å². The van der Waals surface area contributed by atoms with Crippen molar-refractivity contribution in [3.05, 3.63) is 23.3 Å². The molecule has 0 aliphatic carbocycles. The first-order valence-corrected chi connectivity index (χ1v) is 4.03. The van der Waals surface area contributed by atoms with Crippen LogP contribution in [-0.4, -0.2) is 12.6 Å². The van der Waals surface area contributed by atoms with Gasteiger partial charge in [-0.2, -0.15) is 0 Å². The smallest absolute Gasteiger partial charge is 0.333 e. The van der Waals surface area contributed by atoms with Gasteiger partial charge >= 0.3 is 5.97 Å². The molecular weight excluding hydrogens is 152 g/mol. The van der Waals surface area contributed by atoms with Crippen LogP contribution in [-0.2, 0) is 9.53 Å². The molecule has 0 aliphatic heterocycles. The van der Waals surface area contributed by atoms with Crippen molar-refractivity contribution in [2.75, 3.05) is 6.61 Å². The van der Waals surface area contributed by atoms with Gasteiger partial charge in [0.25, 0.3) is 0 Å². The quantitative estimate of drug-likeness (QED) is 0.367. The van der Waals surface area contributed by atoms with Crippen LogP contribution in [0.2, 0.25) is 0 Å². The van der Waals surface area contributed by atoms with Crippen molar-refractivity contribution < 1.29 is 9.53 Å². The van der Waals surface area contributed by atoms with Gasteiger partial charge in [-0.1, -0.05) is 12.2 Å². The molecule has 0 heterocycles. The second kappa shape index (κ2) is 5.58. The van der Waals surface area contributed by atoms with E-state index < -0.39 is 0 Å². The summed E-state index contributed by atoms with van der Waals surface area (Å²) in [5.74, 6) is -0.237. The zero-order valence-corrected chi connectivity index (χ0v) is 8.18. The monoisotopic (exact) mass is 168 g/mol. The summed E-state index contributed by atoms with van der Waals surface area (Å²) >= 11 is 0. The molecule has 0 aliphatic rings. The van der Waals surface area contributed by atoms with Gasteiger partial charge < -0.3 is 4.74 Å². The van der Waals surface area contributed by atoms with Gasteiger partial charge in [-0.25, -0.2) is 4.79 Å². The Hall–Kier alpha value is -1.05. The standard InChI is InChI=1S/C10H16O2/c1-5-8(3)7-12-10(11)9(4)6-2/h5-6H,7H2,1-4H3/b8-5+,9-6-. The van der Waals surface area contributed by atoms with Crippen molar-refractivity contribution in [2.45, 2.75) is 27.7 Å². The predicted octanol–water partition coefficient (Wildman–Crippen LogP) is 2.46. The summed E-state index contributed by atoms with van der Waals surface area (Å²) in [6, 6.07) is 0. The molecule has 0 saturated heterocycles. The molecule has 0 saturated carbocycles. The van der Waals surface area contributed by atoms with E-state index in [0.717, 1.165) is 5.57 Å². The van der Waals surface area contributed by atoms with E-state index in [9.17, 15) is 4.79 Å². The number of rotatable bonds is 3. The highest BCUT2D eigenvalue weighted by atomic mass is 16.5. The van der Waals surface area contributed by atoms with E-state index in [2.05, 4.69) is 0 Å². The van der Waals surface area contributed by atoms with E-state index in [4.69, 9.17) is 4.74 Å². The molecule has 0 unspecified atom stereocenters. The normalized spacial score (nSPS) is 13.0. The van der Waals surface area contributed by atoms with Crippen LogP contribution in [0.25, 0.3) is 0 Å². The molecule has 0 atom stereocenters. The molecule has 0 aromatic heterocycles. The predicted molar refractivity (Wildman–Crippen MR) is 49.8 cm³/mol. The molecule has 0 N–H and O–H groups in total. The average Bonchev–Trinajstić information content (AvgIpc) is 2.11. The Kier molecular flexibility index (Phi) is 5.09. The minimum atomic E-state index is -0.237. The van der Waals surface area contributed by atoms with Crippen molar-refractivity contribution in [1.29, 1.82) is 0 Å². The summed E-state index contributed by atoms with van der Waals surface area (Å²) in [5.41, 5.74) is 1.71. The van der Waals surface area contributed by atoms with Crippen LogP contribution in [0.4, 0.5) is 0 Å². The maximum atomic E-state index is 11.1. The zero-order valence-electron chi connectivity index (χ0n) is 8.18. The van der Waals surface area contributed by atoms with Gasteiger partial charge in [-0.05, 0) is 33.3 Å². The molecule has 0 bridgehead atoms. The highest BCUT2D eigenvalue weighted by Crippen LogP contribution is 1.99. The van der Waals surface area contributed by atoms with Crippen LogP contribution < -0.4 is 0 Å². The molecule has 2 heteroatoms. The fourth-order valence-electron chi connectivity index (χ4n) is 0.494. The maximum Gasteiger partial charge on any atom is 0.333 e. The maximum absolute atomic E-state index is 11.1. The summed E-state index contributed by atoms with van der Waals surface area (Å²) < 4.78 is 4.97. The van der Waals surface area contributed by atoms with E-state index in [1.54, 1.807) is 13.0 Å². The third kappa shape index (κ3) is 3.96. The molecule has 0 rings (SSSR count). The molecule has 2 nitrogen and oxygen atoms in total. The number of hydrogen-bond acceptors (Lipinski definition) is 2. The van der Waals surface area contributed by atoms with Gasteiger partial charge in [-0.3, -0.25) is 0 Å². The number of ether oxygens (including phenoxy) is 1. The number of esters is 1. The average molecular weight is 168 g/mol. The molecule has 12 heavy (non-hydrogen) atoms. The first-order valence-electron chi connectivity index (χ1n) is 4.03. The highest BCUT2D eigenvalue weighted by molar-refractivity contribution is 5.87. The SMILES string of the molecule is C/C=C(/C)C(=O)OC/C(C)=C/C. The Morgan fingerprint density at radius 2 is 1.83 bits per heavy atom. The summed E-state index contributed by atoms with van der Waals surface area (Å²) in [7, 11) is 0. The lowest BCUT2D eigenvalue weighted by atomic mass is 10.3. The number of carbonyl (C=O) groups excluding carboxylic acids is 1. The molecule has 0 aromatic rings. The van der Waals surface area contributed by atoms with Crippen LogP contribution >= 0.6 is 0 Å². The highest BCUT2D eigenvalue weighted by Gasteiger charge is 2.03. The molecule has 0 aromatic carbocycles. The van der Waals surface area contributed by atoms with Crippen LogP contribution in [0.5, 0.6) is 0 Å². The van der Waals surface area contributed by atoms with Gasteiger partial charge in [-0.15, -0.1) is 0 Å². The van der Waals surface area contributed by atoms with Crippen LogP contribution in [0.3, 0.4) is 0 Å². The van der Waals surface area contributed by atoms with Crippen molar-refractivity contribution >= 4 is 5.97 Å². The summed E-state index contributed by atoms with van der Waals surface area (Å²) in [4.78, 5) is 11.1. The minimum Gasteiger partial charge on any atom is -0.458 e. The van der Waals surface area contributed by atoms with E-state index in [-0.39, 0.29) is 5.97 Å². The molecule has 0 radical (unpaired) electrons. The Bertz CT molecular complexity index is 212. The molecular formula is C10H16O2. The number of allylic oxidation sites excluding steroid dienone is 2. The van der Waals surface area contributed by atoms with Crippen molar-refractivity contribution in [3.63, 3.8) is 0 Å². The van der Waals surface area contributed by atoms with E-state index in [0.29, 0.717) is 12.2 Å². The van der Waals surface area contributed by atoms with E-state index in [1.807, 2.05) is 26.8 Å². The molecule has 0 spiro atoms. The van der Waals surface area contributed by atoms with Gasteiger partial charge in [0.1, 0.15) is 6.61 Å².